The molecule has 0 aliphatic rings. The van der Waals surface area contributed by atoms with Gasteiger partial charge in [-0.25, -0.2) is 4.98 Å². The molecule has 1 aromatic heterocycles. The summed E-state index contributed by atoms with van der Waals surface area (Å²) in [5.74, 6) is 1.72. The number of thioether (sulfide) groups is 1. The molecule has 4 aromatic rings. The molecule has 0 bridgehead atoms. The van der Waals surface area contributed by atoms with Crippen molar-refractivity contribution in [3.05, 3.63) is 66.2 Å². The van der Waals surface area contributed by atoms with Gasteiger partial charge in [0.25, 0.3) is 5.91 Å². The van der Waals surface area contributed by atoms with E-state index in [0.717, 1.165) is 33.1 Å². The number of ether oxygens (including phenoxy) is 3. The number of aromatic nitrogens is 1. The zero-order chi connectivity index (χ0) is 26.9. The number of benzene rings is 3. The second-order valence-electron chi connectivity index (χ2n) is 8.25. The number of carbonyl (C=O) groups is 2. The van der Waals surface area contributed by atoms with E-state index in [0.29, 0.717) is 35.0 Å². The van der Waals surface area contributed by atoms with Gasteiger partial charge in [0.05, 0.1) is 42.5 Å². The highest BCUT2D eigenvalue weighted by molar-refractivity contribution is 8.01. The van der Waals surface area contributed by atoms with Crippen molar-refractivity contribution in [1.29, 1.82) is 0 Å². The highest BCUT2D eigenvalue weighted by Crippen LogP contribution is 2.32. The zero-order valence-electron chi connectivity index (χ0n) is 21.4. The van der Waals surface area contributed by atoms with Gasteiger partial charge >= 0.3 is 0 Å². The number of thiazole rings is 1. The molecule has 0 atom stereocenters. The van der Waals surface area contributed by atoms with Crippen LogP contribution in [0.15, 0.2) is 65.0 Å². The van der Waals surface area contributed by atoms with Crippen molar-refractivity contribution in [3.8, 4) is 17.2 Å². The summed E-state index contributed by atoms with van der Waals surface area (Å²) in [6, 6.07) is 17.9. The Kier molecular flexibility index (Phi) is 9.45. The molecule has 8 nitrogen and oxygen atoms in total. The quantitative estimate of drug-likeness (QED) is 0.154. The SMILES string of the molecule is CCCCOc1ccc(C(=O)Nc2ccc3nc(SCC(=O)Nc4cc(OC)ccc4OC)sc3c2)cc1. The second-order valence-corrected chi connectivity index (χ2v) is 10.5. The smallest absolute Gasteiger partial charge is 0.255 e. The van der Waals surface area contributed by atoms with Gasteiger partial charge in [0, 0.05) is 17.3 Å². The maximum absolute atomic E-state index is 12.7. The predicted octanol–water partition coefficient (Wildman–Crippen LogP) is 6.48. The molecule has 2 amide bonds. The molecule has 1 heterocycles. The summed E-state index contributed by atoms with van der Waals surface area (Å²) in [5, 5.41) is 5.79. The van der Waals surface area contributed by atoms with Gasteiger partial charge in [-0.05, 0) is 61.0 Å². The van der Waals surface area contributed by atoms with Crippen molar-refractivity contribution >= 4 is 56.5 Å². The van der Waals surface area contributed by atoms with Crippen LogP contribution in [0.2, 0.25) is 0 Å². The summed E-state index contributed by atoms with van der Waals surface area (Å²) >= 11 is 2.81. The molecule has 0 spiro atoms. The number of carbonyl (C=O) groups excluding carboxylic acids is 2. The van der Waals surface area contributed by atoms with Crippen molar-refractivity contribution in [3.63, 3.8) is 0 Å². The molecule has 0 aliphatic heterocycles. The monoisotopic (exact) mass is 551 g/mol. The van der Waals surface area contributed by atoms with E-state index >= 15 is 0 Å². The van der Waals surface area contributed by atoms with Crippen LogP contribution in [-0.2, 0) is 4.79 Å². The average molecular weight is 552 g/mol. The topological polar surface area (TPSA) is 98.8 Å². The number of amides is 2. The molecule has 198 valence electrons. The van der Waals surface area contributed by atoms with Crippen LogP contribution >= 0.6 is 23.1 Å². The summed E-state index contributed by atoms with van der Waals surface area (Å²) in [7, 11) is 3.11. The van der Waals surface area contributed by atoms with Crippen molar-refractivity contribution in [2.45, 2.75) is 24.1 Å². The van der Waals surface area contributed by atoms with E-state index in [9.17, 15) is 9.59 Å². The van der Waals surface area contributed by atoms with Crippen LogP contribution < -0.4 is 24.8 Å². The van der Waals surface area contributed by atoms with Gasteiger partial charge in [-0.3, -0.25) is 9.59 Å². The van der Waals surface area contributed by atoms with Gasteiger partial charge in [-0.15, -0.1) is 11.3 Å². The summed E-state index contributed by atoms with van der Waals surface area (Å²) in [4.78, 5) is 29.9. The summed E-state index contributed by atoms with van der Waals surface area (Å²) < 4.78 is 17.9. The number of hydrogen-bond acceptors (Lipinski definition) is 8. The molecule has 38 heavy (non-hydrogen) atoms. The van der Waals surface area contributed by atoms with E-state index in [1.54, 1.807) is 56.7 Å². The van der Waals surface area contributed by atoms with E-state index in [1.165, 1.54) is 23.1 Å². The van der Waals surface area contributed by atoms with Crippen molar-refractivity contribution in [2.24, 2.45) is 0 Å². The first-order chi connectivity index (χ1) is 18.5. The molecular formula is C28H29N3O5S2. The Morgan fingerprint density at radius 3 is 2.47 bits per heavy atom. The molecule has 10 heteroatoms. The van der Waals surface area contributed by atoms with E-state index in [1.807, 2.05) is 18.2 Å². The number of hydrogen-bond donors (Lipinski definition) is 2. The number of fused-ring (bicyclic) bond motifs is 1. The molecule has 0 radical (unpaired) electrons. The van der Waals surface area contributed by atoms with Crippen molar-refractivity contribution in [1.82, 2.24) is 4.98 Å². The lowest BCUT2D eigenvalue weighted by molar-refractivity contribution is -0.113. The largest absolute Gasteiger partial charge is 0.497 e. The third-order valence-electron chi connectivity index (χ3n) is 5.52. The summed E-state index contributed by atoms with van der Waals surface area (Å²) in [5.41, 5.74) is 2.57. The number of nitrogens with zero attached hydrogens (tertiary/aromatic N) is 1. The minimum absolute atomic E-state index is 0.182. The van der Waals surface area contributed by atoms with Gasteiger partial charge in [0.15, 0.2) is 4.34 Å². The minimum Gasteiger partial charge on any atom is -0.497 e. The predicted molar refractivity (Wildman–Crippen MR) is 153 cm³/mol. The zero-order valence-corrected chi connectivity index (χ0v) is 23.0. The number of methoxy groups -OCH3 is 2. The first-order valence-electron chi connectivity index (χ1n) is 12.1. The van der Waals surface area contributed by atoms with E-state index in [2.05, 4.69) is 22.5 Å². The second kappa shape index (κ2) is 13.2. The highest BCUT2D eigenvalue weighted by atomic mass is 32.2. The Bertz CT molecular complexity index is 1410. The van der Waals surface area contributed by atoms with Crippen LogP contribution in [0.4, 0.5) is 11.4 Å². The van der Waals surface area contributed by atoms with Crippen LogP contribution in [0.5, 0.6) is 17.2 Å². The molecule has 0 aliphatic carbocycles. The lowest BCUT2D eigenvalue weighted by Gasteiger charge is -2.11. The van der Waals surface area contributed by atoms with Crippen molar-refractivity contribution < 1.29 is 23.8 Å². The highest BCUT2D eigenvalue weighted by Gasteiger charge is 2.13. The number of anilines is 2. The molecule has 3 aromatic carbocycles. The van der Waals surface area contributed by atoms with Crippen LogP contribution in [0, 0.1) is 0 Å². The lowest BCUT2D eigenvalue weighted by Crippen LogP contribution is -2.14. The van der Waals surface area contributed by atoms with Gasteiger partial charge in [-0.1, -0.05) is 25.1 Å². The maximum Gasteiger partial charge on any atom is 0.255 e. The average Bonchev–Trinajstić information content (AvgIpc) is 3.34. The Morgan fingerprint density at radius 2 is 1.74 bits per heavy atom. The Morgan fingerprint density at radius 1 is 0.947 bits per heavy atom. The third kappa shape index (κ3) is 7.17. The maximum atomic E-state index is 12.7. The standard InChI is InChI=1S/C28H29N3O5S2/c1-4-5-14-36-20-9-6-18(7-10-20)27(33)29-19-8-12-22-25(15-19)38-28(31-22)37-17-26(32)30-23-16-21(34-2)11-13-24(23)35-3/h6-13,15-16H,4-5,14,17H2,1-3H3,(H,29,33)(H,30,32). The summed E-state index contributed by atoms with van der Waals surface area (Å²) in [6.07, 6.45) is 2.06. The van der Waals surface area contributed by atoms with Gasteiger partial charge in [0.1, 0.15) is 17.2 Å². The number of rotatable bonds is 12. The first-order valence-corrected chi connectivity index (χ1v) is 13.9. The molecule has 2 N–H and O–H groups in total. The van der Waals surface area contributed by atoms with Crippen molar-refractivity contribution in [2.75, 3.05) is 37.2 Å². The molecule has 0 saturated carbocycles. The Labute approximate surface area is 229 Å². The van der Waals surface area contributed by atoms with E-state index < -0.39 is 0 Å². The normalized spacial score (nSPS) is 10.7. The van der Waals surface area contributed by atoms with Gasteiger partial charge < -0.3 is 24.8 Å². The van der Waals surface area contributed by atoms with Gasteiger partial charge in [-0.2, -0.15) is 0 Å². The third-order valence-corrected chi connectivity index (χ3v) is 7.68. The Hall–Kier alpha value is -3.76. The Balaban J connectivity index is 1.34. The fraction of sp³-hybridized carbons (Fsp3) is 0.250. The molecule has 0 fully saturated rings. The minimum atomic E-state index is -0.201. The lowest BCUT2D eigenvalue weighted by atomic mass is 10.2. The fourth-order valence-corrected chi connectivity index (χ4v) is 5.42. The molecule has 4 rings (SSSR count). The van der Waals surface area contributed by atoms with Crippen LogP contribution in [0.25, 0.3) is 10.2 Å². The van der Waals surface area contributed by atoms with Crippen LogP contribution in [-0.4, -0.2) is 43.4 Å². The number of unbranched alkanes of at least 4 members (excludes halogenated alkanes) is 1. The molecule has 0 unspecified atom stereocenters. The molecule has 0 saturated heterocycles. The van der Waals surface area contributed by atoms with Gasteiger partial charge in [0.2, 0.25) is 5.91 Å². The van der Waals surface area contributed by atoms with Crippen LogP contribution in [0.3, 0.4) is 0 Å². The summed E-state index contributed by atoms with van der Waals surface area (Å²) in [6.45, 7) is 2.78. The fourth-order valence-electron chi connectivity index (χ4n) is 3.51. The van der Waals surface area contributed by atoms with Crippen LogP contribution in [0.1, 0.15) is 30.1 Å². The van der Waals surface area contributed by atoms with E-state index in [-0.39, 0.29) is 17.6 Å². The first kappa shape index (κ1) is 27.3. The van der Waals surface area contributed by atoms with E-state index in [4.69, 9.17) is 14.2 Å². The molecular weight excluding hydrogens is 522 g/mol. The number of nitrogens with one attached hydrogen (secondary N) is 2.